The summed E-state index contributed by atoms with van der Waals surface area (Å²) in [5, 5.41) is 10.2. The van der Waals surface area contributed by atoms with Crippen LogP contribution in [-0.4, -0.2) is 9.67 Å². The van der Waals surface area contributed by atoms with Gasteiger partial charge in [-0.15, -0.1) is 0 Å². The Morgan fingerprint density at radius 1 is 1.31 bits per heavy atom. The Morgan fingerprint density at radius 2 is 1.92 bits per heavy atom. The van der Waals surface area contributed by atoms with Gasteiger partial charge in [-0.1, -0.05) is 0 Å². The average molecular weight is 179 g/mol. The molecule has 1 unspecified atom stereocenters. The zero-order valence-corrected chi connectivity index (χ0v) is 8.81. The predicted octanol–water partition coefficient (Wildman–Crippen LogP) is 1.80. The van der Waals surface area contributed by atoms with Crippen LogP contribution >= 0.6 is 0 Å². The van der Waals surface area contributed by atoms with Gasteiger partial charge in [0.05, 0.1) is 5.60 Å². The molecule has 0 spiro atoms. The maximum absolute atomic E-state index is 10.2. The van der Waals surface area contributed by atoms with Gasteiger partial charge in [0.25, 0.3) is 0 Å². The van der Waals surface area contributed by atoms with Crippen LogP contribution in [0.15, 0.2) is 0 Å². The van der Waals surface area contributed by atoms with Gasteiger partial charge in [-0.05, 0) is 39.2 Å². The summed E-state index contributed by atoms with van der Waals surface area (Å²) in [6, 6.07) is 0. The maximum atomic E-state index is 10.2. The molecule has 2 rings (SSSR count). The Morgan fingerprint density at radius 3 is 2.46 bits per heavy atom. The number of aromatic nitrogens is 1. The highest BCUT2D eigenvalue weighted by Crippen LogP contribution is 2.41. The molecule has 2 heteroatoms. The molecule has 1 aliphatic carbocycles. The SMILES string of the molecule is Cc1c2c(c(C)n1C)C(C)(O)CC2. The highest BCUT2D eigenvalue weighted by atomic mass is 16.3. The van der Waals surface area contributed by atoms with Crippen LogP contribution in [0.3, 0.4) is 0 Å². The van der Waals surface area contributed by atoms with Crippen molar-refractivity contribution in [3.05, 3.63) is 22.5 Å². The zero-order valence-electron chi connectivity index (χ0n) is 8.81. The lowest BCUT2D eigenvalue weighted by atomic mass is 9.99. The van der Waals surface area contributed by atoms with E-state index in [-0.39, 0.29) is 0 Å². The van der Waals surface area contributed by atoms with Crippen molar-refractivity contribution in [1.82, 2.24) is 4.57 Å². The second kappa shape index (κ2) is 2.38. The van der Waals surface area contributed by atoms with Crippen molar-refractivity contribution in [2.24, 2.45) is 7.05 Å². The van der Waals surface area contributed by atoms with Gasteiger partial charge in [-0.25, -0.2) is 0 Å². The van der Waals surface area contributed by atoms with Gasteiger partial charge in [0.2, 0.25) is 0 Å². The third-order valence-electron chi connectivity index (χ3n) is 3.51. The summed E-state index contributed by atoms with van der Waals surface area (Å²) in [7, 11) is 2.07. The number of aliphatic hydroxyl groups is 1. The largest absolute Gasteiger partial charge is 0.385 e. The predicted molar refractivity (Wildman–Crippen MR) is 52.8 cm³/mol. The fraction of sp³-hybridized carbons (Fsp3) is 0.636. The Labute approximate surface area is 79.2 Å². The molecule has 0 aromatic carbocycles. The van der Waals surface area contributed by atoms with Crippen molar-refractivity contribution in [3.63, 3.8) is 0 Å². The van der Waals surface area contributed by atoms with E-state index in [1.165, 1.54) is 22.5 Å². The first-order valence-corrected chi connectivity index (χ1v) is 4.83. The number of hydrogen-bond acceptors (Lipinski definition) is 1. The van der Waals surface area contributed by atoms with Crippen molar-refractivity contribution in [2.45, 2.75) is 39.2 Å². The molecule has 0 saturated heterocycles. The molecule has 1 aromatic heterocycles. The average Bonchev–Trinajstić information content (AvgIpc) is 2.46. The fourth-order valence-corrected chi connectivity index (χ4v) is 2.54. The van der Waals surface area contributed by atoms with Crippen molar-refractivity contribution in [2.75, 3.05) is 0 Å². The van der Waals surface area contributed by atoms with E-state index in [0.717, 1.165) is 12.8 Å². The van der Waals surface area contributed by atoms with Crippen molar-refractivity contribution in [1.29, 1.82) is 0 Å². The summed E-state index contributed by atoms with van der Waals surface area (Å²) in [4.78, 5) is 0. The molecule has 13 heavy (non-hydrogen) atoms. The van der Waals surface area contributed by atoms with Crippen LogP contribution in [0, 0.1) is 13.8 Å². The molecular formula is C11H17NO. The summed E-state index contributed by atoms with van der Waals surface area (Å²) in [5.74, 6) is 0. The van der Waals surface area contributed by atoms with Crippen LogP contribution < -0.4 is 0 Å². The van der Waals surface area contributed by atoms with Crippen molar-refractivity contribution < 1.29 is 5.11 Å². The summed E-state index contributed by atoms with van der Waals surface area (Å²) in [6.45, 7) is 6.14. The smallest absolute Gasteiger partial charge is 0.0891 e. The quantitative estimate of drug-likeness (QED) is 0.645. The number of hydrogen-bond donors (Lipinski definition) is 1. The maximum Gasteiger partial charge on any atom is 0.0891 e. The lowest BCUT2D eigenvalue weighted by Gasteiger charge is -2.18. The Balaban J connectivity index is 2.71. The van der Waals surface area contributed by atoms with Crippen LogP contribution in [-0.2, 0) is 19.1 Å². The minimum atomic E-state index is -0.592. The van der Waals surface area contributed by atoms with E-state index in [9.17, 15) is 5.11 Å². The normalized spacial score (nSPS) is 26.5. The van der Waals surface area contributed by atoms with Gasteiger partial charge in [0, 0.05) is 24.0 Å². The number of rotatable bonds is 0. The third-order valence-corrected chi connectivity index (χ3v) is 3.51. The van der Waals surface area contributed by atoms with E-state index in [1.807, 2.05) is 6.92 Å². The van der Waals surface area contributed by atoms with Gasteiger partial charge in [0.1, 0.15) is 0 Å². The molecule has 0 aliphatic heterocycles. The summed E-state index contributed by atoms with van der Waals surface area (Å²) < 4.78 is 2.18. The Kier molecular flexibility index (Phi) is 1.62. The Bertz CT molecular complexity index is 361. The highest BCUT2D eigenvalue weighted by Gasteiger charge is 2.36. The minimum Gasteiger partial charge on any atom is -0.385 e. The summed E-state index contributed by atoms with van der Waals surface area (Å²) >= 11 is 0. The van der Waals surface area contributed by atoms with Crippen LogP contribution in [0.5, 0.6) is 0 Å². The van der Waals surface area contributed by atoms with Gasteiger partial charge in [-0.2, -0.15) is 0 Å². The number of nitrogens with zero attached hydrogens (tertiary/aromatic N) is 1. The first kappa shape index (κ1) is 8.82. The van der Waals surface area contributed by atoms with E-state index in [0.29, 0.717) is 0 Å². The Hall–Kier alpha value is -0.760. The number of fused-ring (bicyclic) bond motifs is 1. The molecule has 1 N–H and O–H groups in total. The minimum absolute atomic E-state index is 0.592. The lowest BCUT2D eigenvalue weighted by Crippen LogP contribution is -2.18. The first-order chi connectivity index (χ1) is 5.95. The van der Waals surface area contributed by atoms with Crippen molar-refractivity contribution in [3.8, 4) is 0 Å². The van der Waals surface area contributed by atoms with E-state index in [1.54, 1.807) is 0 Å². The fourth-order valence-electron chi connectivity index (χ4n) is 2.54. The molecule has 1 atom stereocenters. The van der Waals surface area contributed by atoms with E-state index in [4.69, 9.17) is 0 Å². The summed E-state index contributed by atoms with van der Waals surface area (Å²) in [5.41, 5.74) is 4.48. The monoisotopic (exact) mass is 179 g/mol. The molecule has 0 saturated carbocycles. The summed E-state index contributed by atoms with van der Waals surface area (Å²) in [6.07, 6.45) is 1.90. The first-order valence-electron chi connectivity index (χ1n) is 4.83. The zero-order chi connectivity index (χ0) is 9.80. The molecule has 0 bridgehead atoms. The second-order valence-corrected chi connectivity index (χ2v) is 4.36. The van der Waals surface area contributed by atoms with Gasteiger partial charge in [0.15, 0.2) is 0 Å². The molecule has 1 aromatic rings. The lowest BCUT2D eigenvalue weighted by molar-refractivity contribution is 0.0584. The second-order valence-electron chi connectivity index (χ2n) is 4.36. The molecular weight excluding hydrogens is 162 g/mol. The van der Waals surface area contributed by atoms with Crippen molar-refractivity contribution >= 4 is 0 Å². The molecule has 1 heterocycles. The topological polar surface area (TPSA) is 25.2 Å². The van der Waals surface area contributed by atoms with Crippen LogP contribution in [0.4, 0.5) is 0 Å². The third kappa shape index (κ3) is 0.983. The van der Waals surface area contributed by atoms with Gasteiger partial charge in [-0.3, -0.25) is 0 Å². The van der Waals surface area contributed by atoms with E-state index >= 15 is 0 Å². The molecule has 1 aliphatic rings. The highest BCUT2D eigenvalue weighted by molar-refractivity contribution is 5.45. The van der Waals surface area contributed by atoms with E-state index < -0.39 is 5.60 Å². The molecule has 2 nitrogen and oxygen atoms in total. The van der Waals surface area contributed by atoms with Crippen LogP contribution in [0.1, 0.15) is 35.9 Å². The molecule has 72 valence electrons. The van der Waals surface area contributed by atoms with Crippen LogP contribution in [0.25, 0.3) is 0 Å². The van der Waals surface area contributed by atoms with E-state index in [2.05, 4.69) is 25.5 Å². The molecule has 0 fully saturated rings. The molecule has 0 radical (unpaired) electrons. The van der Waals surface area contributed by atoms with Crippen LogP contribution in [0.2, 0.25) is 0 Å². The standard InChI is InChI=1S/C11H17NO/c1-7-9-5-6-11(3,13)10(9)8(2)12(7)4/h13H,5-6H2,1-4H3. The molecule has 0 amide bonds. The van der Waals surface area contributed by atoms with Gasteiger partial charge < -0.3 is 9.67 Å². The van der Waals surface area contributed by atoms with Gasteiger partial charge >= 0.3 is 0 Å².